The molecule has 8 heteroatoms. The van der Waals surface area contributed by atoms with Crippen molar-refractivity contribution in [1.82, 2.24) is 4.72 Å². The van der Waals surface area contributed by atoms with Crippen molar-refractivity contribution in [2.75, 3.05) is 19.8 Å². The van der Waals surface area contributed by atoms with E-state index in [1.165, 1.54) is 0 Å². The maximum absolute atomic E-state index is 13.6. The van der Waals surface area contributed by atoms with Crippen molar-refractivity contribution < 1.29 is 27.0 Å². The molecule has 2 rings (SSSR count). The second kappa shape index (κ2) is 6.13. The summed E-state index contributed by atoms with van der Waals surface area (Å²) in [4.78, 5) is -0.791. The first kappa shape index (κ1) is 15.3. The second-order valence-electron chi connectivity index (χ2n) is 4.63. The molecular weight excluding hydrogens is 292 g/mol. The van der Waals surface area contributed by atoms with Crippen LogP contribution in [0.4, 0.5) is 8.78 Å². The van der Waals surface area contributed by atoms with Gasteiger partial charge in [0.2, 0.25) is 10.0 Å². The number of aliphatic hydroxyl groups is 1. The van der Waals surface area contributed by atoms with Gasteiger partial charge in [-0.15, -0.1) is 0 Å². The molecule has 1 heterocycles. The zero-order valence-electron chi connectivity index (χ0n) is 10.6. The first-order valence-electron chi connectivity index (χ1n) is 6.10. The van der Waals surface area contributed by atoms with E-state index in [1.807, 2.05) is 0 Å². The van der Waals surface area contributed by atoms with Crippen molar-refractivity contribution in [2.45, 2.75) is 17.9 Å². The summed E-state index contributed by atoms with van der Waals surface area (Å²) in [6.45, 7) is 0.536. The Kier molecular flexibility index (Phi) is 4.69. The monoisotopic (exact) mass is 307 g/mol. The van der Waals surface area contributed by atoms with E-state index in [-0.39, 0.29) is 18.0 Å². The van der Waals surface area contributed by atoms with Gasteiger partial charge >= 0.3 is 0 Å². The molecule has 0 aromatic heterocycles. The Morgan fingerprint density at radius 2 is 2.15 bits per heavy atom. The van der Waals surface area contributed by atoms with E-state index in [1.54, 1.807) is 0 Å². The summed E-state index contributed by atoms with van der Waals surface area (Å²) in [7, 11) is -4.17. The summed E-state index contributed by atoms with van der Waals surface area (Å²) in [5.41, 5.74) is -0.00604. The fourth-order valence-corrected chi connectivity index (χ4v) is 3.20. The van der Waals surface area contributed by atoms with Crippen LogP contribution in [-0.4, -0.2) is 33.3 Å². The Balaban J connectivity index is 2.21. The van der Waals surface area contributed by atoms with Crippen LogP contribution in [0.2, 0.25) is 0 Å². The fraction of sp³-hybridized carbons (Fsp3) is 0.500. The highest BCUT2D eigenvalue weighted by molar-refractivity contribution is 7.89. The highest BCUT2D eigenvalue weighted by Crippen LogP contribution is 2.20. The topological polar surface area (TPSA) is 75.6 Å². The zero-order chi connectivity index (χ0) is 14.8. The smallest absolute Gasteiger partial charge is 0.243 e. The van der Waals surface area contributed by atoms with E-state index in [2.05, 4.69) is 4.72 Å². The van der Waals surface area contributed by atoms with Crippen LogP contribution >= 0.6 is 0 Å². The number of ether oxygens (including phenoxy) is 1. The molecule has 20 heavy (non-hydrogen) atoms. The van der Waals surface area contributed by atoms with E-state index in [9.17, 15) is 17.2 Å². The maximum Gasteiger partial charge on any atom is 0.243 e. The average molecular weight is 307 g/mol. The predicted octanol–water partition coefficient (Wildman–Crippen LogP) is 0.772. The van der Waals surface area contributed by atoms with Gasteiger partial charge in [-0.1, -0.05) is 0 Å². The molecule has 112 valence electrons. The summed E-state index contributed by atoms with van der Waals surface area (Å²) in [6.07, 6.45) is 0.718. The van der Waals surface area contributed by atoms with Crippen LogP contribution in [0.1, 0.15) is 12.0 Å². The van der Waals surface area contributed by atoms with Gasteiger partial charge < -0.3 is 9.84 Å². The third kappa shape index (κ3) is 3.32. The predicted molar refractivity (Wildman–Crippen MR) is 66.4 cm³/mol. The lowest BCUT2D eigenvalue weighted by Gasteiger charge is -2.12. The van der Waals surface area contributed by atoms with Crippen LogP contribution < -0.4 is 4.72 Å². The number of halogens is 2. The van der Waals surface area contributed by atoms with Gasteiger partial charge in [0.1, 0.15) is 4.90 Å². The van der Waals surface area contributed by atoms with Crippen LogP contribution in [0.25, 0.3) is 0 Å². The molecular formula is C12H15F2NO4S. The molecule has 0 bridgehead atoms. The van der Waals surface area contributed by atoms with Gasteiger partial charge in [0.15, 0.2) is 11.6 Å². The molecule has 1 fully saturated rings. The number of hydrogen-bond donors (Lipinski definition) is 2. The molecule has 1 unspecified atom stereocenters. The minimum atomic E-state index is -4.17. The Morgan fingerprint density at radius 1 is 1.40 bits per heavy atom. The highest BCUT2D eigenvalue weighted by Gasteiger charge is 2.25. The van der Waals surface area contributed by atoms with Crippen molar-refractivity contribution in [2.24, 2.45) is 5.92 Å². The quantitative estimate of drug-likeness (QED) is 0.842. The minimum Gasteiger partial charge on any atom is -0.392 e. The normalized spacial score (nSPS) is 19.4. The maximum atomic E-state index is 13.6. The molecule has 0 saturated carbocycles. The van der Waals surface area contributed by atoms with Crippen molar-refractivity contribution in [3.8, 4) is 0 Å². The third-order valence-electron chi connectivity index (χ3n) is 3.11. The van der Waals surface area contributed by atoms with Crippen LogP contribution in [-0.2, 0) is 21.4 Å². The molecule has 1 saturated heterocycles. The molecule has 2 N–H and O–H groups in total. The van der Waals surface area contributed by atoms with Crippen molar-refractivity contribution in [3.05, 3.63) is 29.3 Å². The second-order valence-corrected chi connectivity index (χ2v) is 6.36. The lowest BCUT2D eigenvalue weighted by Crippen LogP contribution is -2.30. The molecule has 0 spiro atoms. The Bertz CT molecular complexity index is 585. The summed E-state index contributed by atoms with van der Waals surface area (Å²) in [6, 6.07) is 1.69. The van der Waals surface area contributed by atoms with E-state index < -0.39 is 33.2 Å². The molecule has 1 aliphatic rings. The first-order chi connectivity index (χ1) is 9.44. The lowest BCUT2D eigenvalue weighted by molar-refractivity contribution is 0.186. The fourth-order valence-electron chi connectivity index (χ4n) is 1.95. The number of aliphatic hydroxyl groups excluding tert-OH is 1. The number of rotatable bonds is 5. The molecule has 0 aliphatic carbocycles. The van der Waals surface area contributed by atoms with Crippen LogP contribution in [0.5, 0.6) is 0 Å². The Labute approximate surface area is 115 Å². The van der Waals surface area contributed by atoms with Crippen LogP contribution in [0.15, 0.2) is 17.0 Å². The molecule has 1 aromatic carbocycles. The highest BCUT2D eigenvalue weighted by atomic mass is 32.2. The van der Waals surface area contributed by atoms with Crippen LogP contribution in [0.3, 0.4) is 0 Å². The third-order valence-corrected chi connectivity index (χ3v) is 4.54. The number of hydrogen-bond acceptors (Lipinski definition) is 4. The number of benzene rings is 1. The van der Waals surface area contributed by atoms with E-state index >= 15 is 0 Å². The molecule has 5 nitrogen and oxygen atoms in total. The van der Waals surface area contributed by atoms with Gasteiger partial charge in [-0.3, -0.25) is 0 Å². The van der Waals surface area contributed by atoms with Crippen molar-refractivity contribution in [3.63, 3.8) is 0 Å². The van der Waals surface area contributed by atoms with E-state index in [0.717, 1.165) is 18.6 Å². The molecule has 0 amide bonds. The molecule has 1 aromatic rings. The summed E-state index contributed by atoms with van der Waals surface area (Å²) < 4.78 is 58.2. The SMILES string of the molecule is O=S(=O)(NCC1CCOC1)c1cc(CO)cc(F)c1F. The Hall–Kier alpha value is -1.09. The lowest BCUT2D eigenvalue weighted by atomic mass is 10.1. The van der Waals surface area contributed by atoms with Gasteiger partial charge in [-0.05, 0) is 30.0 Å². The van der Waals surface area contributed by atoms with E-state index in [4.69, 9.17) is 9.84 Å². The molecule has 1 atom stereocenters. The summed E-state index contributed by atoms with van der Waals surface area (Å²) >= 11 is 0. The largest absolute Gasteiger partial charge is 0.392 e. The number of nitrogens with one attached hydrogen (secondary N) is 1. The molecule has 1 aliphatic heterocycles. The van der Waals surface area contributed by atoms with Crippen LogP contribution in [0, 0.1) is 17.6 Å². The van der Waals surface area contributed by atoms with Gasteiger partial charge in [-0.25, -0.2) is 21.9 Å². The average Bonchev–Trinajstić information content (AvgIpc) is 2.92. The summed E-state index contributed by atoms with van der Waals surface area (Å²) in [5, 5.41) is 8.92. The van der Waals surface area contributed by atoms with Gasteiger partial charge in [0.25, 0.3) is 0 Å². The minimum absolute atomic E-state index is 0.00604. The zero-order valence-corrected chi connectivity index (χ0v) is 11.4. The van der Waals surface area contributed by atoms with Gasteiger partial charge in [0, 0.05) is 13.2 Å². The van der Waals surface area contributed by atoms with Crippen molar-refractivity contribution in [1.29, 1.82) is 0 Å². The van der Waals surface area contributed by atoms with Gasteiger partial charge in [0.05, 0.1) is 13.2 Å². The number of sulfonamides is 1. The van der Waals surface area contributed by atoms with Gasteiger partial charge in [-0.2, -0.15) is 0 Å². The molecule has 0 radical (unpaired) electrons. The first-order valence-corrected chi connectivity index (χ1v) is 7.58. The van der Waals surface area contributed by atoms with E-state index in [0.29, 0.717) is 13.2 Å². The summed E-state index contributed by atoms with van der Waals surface area (Å²) in [5.74, 6) is -2.72. The standard InChI is InChI=1S/C12H15F2NO4S/c13-10-3-9(6-16)4-11(12(10)14)20(17,18)15-5-8-1-2-19-7-8/h3-4,8,15-16H,1-2,5-7H2. The Morgan fingerprint density at radius 3 is 2.75 bits per heavy atom. The van der Waals surface area contributed by atoms with Crippen molar-refractivity contribution >= 4 is 10.0 Å².